The van der Waals surface area contributed by atoms with Crippen LogP contribution >= 0.6 is 12.2 Å². The molecule has 0 unspecified atom stereocenters. The van der Waals surface area contributed by atoms with Crippen LogP contribution in [0.4, 0.5) is 17.6 Å². The molecule has 35 heavy (non-hydrogen) atoms. The lowest BCUT2D eigenvalue weighted by atomic mass is 9.69. The van der Waals surface area contributed by atoms with Crippen LogP contribution in [-0.4, -0.2) is 47.8 Å². The fraction of sp³-hybridized carbons (Fsp3) is 0.607. The molecule has 0 spiro atoms. The predicted octanol–water partition coefficient (Wildman–Crippen LogP) is 5.65. The molecule has 6 nitrogen and oxygen atoms in total. The van der Waals surface area contributed by atoms with Crippen molar-refractivity contribution in [1.29, 1.82) is 0 Å². The monoisotopic (exact) mass is 492 g/mol. The third-order valence-corrected chi connectivity index (χ3v) is 8.32. The van der Waals surface area contributed by atoms with Gasteiger partial charge < -0.3 is 20.4 Å². The van der Waals surface area contributed by atoms with Crippen molar-refractivity contribution in [3.8, 4) is 0 Å². The van der Waals surface area contributed by atoms with Gasteiger partial charge in [0.15, 0.2) is 5.11 Å². The van der Waals surface area contributed by atoms with Gasteiger partial charge in [0.25, 0.3) is 0 Å². The van der Waals surface area contributed by atoms with E-state index in [4.69, 9.17) is 22.2 Å². The molecule has 3 aliphatic rings. The third kappa shape index (κ3) is 6.05. The second kappa shape index (κ2) is 11.5. The number of thiocarbonyl (C=S) groups is 1. The Bertz CT molecular complexity index is 961. The van der Waals surface area contributed by atoms with Crippen LogP contribution in [0.3, 0.4) is 0 Å². The average Bonchev–Trinajstić information content (AvgIpc) is 3.31. The van der Waals surface area contributed by atoms with Gasteiger partial charge in [-0.05, 0) is 56.3 Å². The highest BCUT2D eigenvalue weighted by molar-refractivity contribution is 7.80. The summed E-state index contributed by atoms with van der Waals surface area (Å²) in [5, 5.41) is 7.52. The van der Waals surface area contributed by atoms with E-state index in [-0.39, 0.29) is 5.41 Å². The Morgan fingerprint density at radius 3 is 1.91 bits per heavy atom. The molecule has 1 aromatic heterocycles. The predicted molar refractivity (Wildman–Crippen MR) is 150 cm³/mol. The first-order chi connectivity index (χ1) is 17.2. The van der Waals surface area contributed by atoms with Gasteiger partial charge in [0.2, 0.25) is 5.95 Å². The summed E-state index contributed by atoms with van der Waals surface area (Å²) in [6.45, 7) is 5.11. The first kappa shape index (κ1) is 24.3. The molecule has 3 fully saturated rings. The zero-order chi connectivity index (χ0) is 23.9. The maximum Gasteiger partial charge on any atom is 0.232 e. The van der Waals surface area contributed by atoms with Gasteiger partial charge in [-0.3, -0.25) is 0 Å². The van der Waals surface area contributed by atoms with Crippen LogP contribution in [0.5, 0.6) is 0 Å². The second-order valence-corrected chi connectivity index (χ2v) is 10.9. The van der Waals surface area contributed by atoms with Gasteiger partial charge >= 0.3 is 0 Å². The molecule has 7 heteroatoms. The van der Waals surface area contributed by atoms with Crippen molar-refractivity contribution in [2.75, 3.05) is 47.8 Å². The number of nitrogens with zero attached hydrogens (tertiary/aromatic N) is 4. The first-order valence-electron chi connectivity index (χ1n) is 13.7. The number of aromatic nitrogens is 2. The fourth-order valence-corrected chi connectivity index (χ4v) is 6.19. The summed E-state index contributed by atoms with van der Waals surface area (Å²) in [6, 6.07) is 13.2. The van der Waals surface area contributed by atoms with Crippen molar-refractivity contribution in [1.82, 2.24) is 15.3 Å². The molecule has 0 bridgehead atoms. The molecular formula is C28H40N6S. The maximum atomic E-state index is 5.77. The molecule has 1 saturated carbocycles. The van der Waals surface area contributed by atoms with E-state index in [0.717, 1.165) is 44.4 Å². The van der Waals surface area contributed by atoms with Gasteiger partial charge in [-0.25, -0.2) is 0 Å². The van der Waals surface area contributed by atoms with Gasteiger partial charge in [-0.15, -0.1) is 0 Å². The molecule has 2 N–H and O–H groups in total. The molecule has 5 rings (SSSR count). The van der Waals surface area contributed by atoms with Crippen LogP contribution in [0.15, 0.2) is 36.4 Å². The highest BCUT2D eigenvalue weighted by atomic mass is 32.1. The highest BCUT2D eigenvalue weighted by Gasteiger charge is 2.33. The minimum absolute atomic E-state index is 0.140. The number of anilines is 3. The molecular weight excluding hydrogens is 452 g/mol. The Morgan fingerprint density at radius 2 is 1.31 bits per heavy atom. The minimum atomic E-state index is 0.140. The first-order valence-corrected chi connectivity index (χ1v) is 14.1. The summed E-state index contributed by atoms with van der Waals surface area (Å²) in [4.78, 5) is 14.6. The van der Waals surface area contributed by atoms with Crippen LogP contribution in [-0.2, 0) is 5.41 Å². The highest BCUT2D eigenvalue weighted by Crippen LogP contribution is 2.39. The smallest absolute Gasteiger partial charge is 0.232 e. The minimum Gasteiger partial charge on any atom is -0.361 e. The molecule has 2 saturated heterocycles. The Labute approximate surface area is 215 Å². The largest absolute Gasteiger partial charge is 0.361 e. The van der Waals surface area contributed by atoms with Gasteiger partial charge in [0, 0.05) is 44.2 Å². The molecule has 1 aliphatic carbocycles. The maximum absolute atomic E-state index is 5.77. The summed E-state index contributed by atoms with van der Waals surface area (Å²) in [7, 11) is 0. The second-order valence-electron chi connectivity index (χ2n) is 10.5. The molecule has 2 aromatic rings. The molecule has 3 heterocycles. The van der Waals surface area contributed by atoms with Crippen molar-refractivity contribution >= 4 is 34.9 Å². The lowest BCUT2D eigenvalue weighted by molar-refractivity contribution is 0.292. The van der Waals surface area contributed by atoms with E-state index in [1.807, 2.05) is 0 Å². The van der Waals surface area contributed by atoms with Crippen molar-refractivity contribution in [2.45, 2.75) is 76.0 Å². The SMILES string of the molecule is S=C(NCC1(c2ccccc2)CCCCC1)Nc1nc(N2CCCCCC2)cc(N2CCCC2)n1. The van der Waals surface area contributed by atoms with E-state index in [0.29, 0.717) is 11.1 Å². The lowest BCUT2D eigenvalue weighted by Gasteiger charge is -2.38. The van der Waals surface area contributed by atoms with E-state index in [9.17, 15) is 0 Å². The molecule has 0 atom stereocenters. The average molecular weight is 493 g/mol. The van der Waals surface area contributed by atoms with E-state index in [2.05, 4.69) is 56.8 Å². The number of hydrogen-bond donors (Lipinski definition) is 2. The molecule has 0 amide bonds. The summed E-state index contributed by atoms with van der Waals surface area (Å²) in [5.74, 6) is 2.67. The third-order valence-electron chi connectivity index (χ3n) is 8.07. The standard InChI is InChI=1S/C28H40N6S/c35-27(29-22-28(15-7-4-8-16-28)23-13-5-3-6-14-23)32-26-30-24(33-17-9-1-2-10-18-33)21-25(31-26)34-19-11-12-20-34/h3,5-6,13-14,21H,1-2,4,7-12,15-20,22H2,(H2,29,30,31,32,35). The van der Waals surface area contributed by atoms with Gasteiger partial charge in [0.05, 0.1) is 0 Å². The van der Waals surface area contributed by atoms with E-state index in [1.165, 1.54) is 76.2 Å². The van der Waals surface area contributed by atoms with Crippen LogP contribution in [0, 0.1) is 0 Å². The Balaban J connectivity index is 1.31. The van der Waals surface area contributed by atoms with Crippen molar-refractivity contribution in [2.24, 2.45) is 0 Å². The number of benzene rings is 1. The zero-order valence-electron chi connectivity index (χ0n) is 21.0. The van der Waals surface area contributed by atoms with Crippen LogP contribution in [0.2, 0.25) is 0 Å². The van der Waals surface area contributed by atoms with E-state index >= 15 is 0 Å². The molecule has 1 aromatic carbocycles. The van der Waals surface area contributed by atoms with E-state index < -0.39 is 0 Å². The summed E-state index contributed by atoms with van der Waals surface area (Å²) in [6.07, 6.45) is 13.8. The van der Waals surface area contributed by atoms with Crippen molar-refractivity contribution in [3.63, 3.8) is 0 Å². The zero-order valence-corrected chi connectivity index (χ0v) is 21.8. The quantitative estimate of drug-likeness (QED) is 0.506. The summed E-state index contributed by atoms with van der Waals surface area (Å²) >= 11 is 5.77. The van der Waals surface area contributed by atoms with Crippen LogP contribution in [0.25, 0.3) is 0 Å². The summed E-state index contributed by atoms with van der Waals surface area (Å²) < 4.78 is 0. The number of rotatable bonds is 6. The Morgan fingerprint density at radius 1 is 0.771 bits per heavy atom. The fourth-order valence-electron chi connectivity index (χ4n) is 6.03. The van der Waals surface area contributed by atoms with Crippen molar-refractivity contribution < 1.29 is 0 Å². The van der Waals surface area contributed by atoms with Gasteiger partial charge in [0.1, 0.15) is 11.6 Å². The van der Waals surface area contributed by atoms with Crippen LogP contribution < -0.4 is 20.4 Å². The normalized spacial score (nSPS) is 20.3. The molecule has 188 valence electrons. The number of nitrogens with one attached hydrogen (secondary N) is 2. The topological polar surface area (TPSA) is 56.3 Å². The lowest BCUT2D eigenvalue weighted by Crippen LogP contribution is -2.43. The van der Waals surface area contributed by atoms with Crippen molar-refractivity contribution in [3.05, 3.63) is 42.0 Å². The Hall–Kier alpha value is -2.41. The van der Waals surface area contributed by atoms with Gasteiger partial charge in [-0.2, -0.15) is 9.97 Å². The van der Waals surface area contributed by atoms with E-state index in [1.54, 1.807) is 0 Å². The Kier molecular flexibility index (Phi) is 8.02. The summed E-state index contributed by atoms with van der Waals surface area (Å²) in [5.41, 5.74) is 1.56. The van der Waals surface area contributed by atoms with Crippen LogP contribution in [0.1, 0.15) is 76.2 Å². The number of hydrogen-bond acceptors (Lipinski definition) is 5. The van der Waals surface area contributed by atoms with Gasteiger partial charge in [-0.1, -0.05) is 62.4 Å². The molecule has 0 radical (unpaired) electrons. The molecule has 2 aliphatic heterocycles.